The van der Waals surface area contributed by atoms with Crippen LogP contribution in [-0.4, -0.2) is 14.4 Å². The molecule has 0 aliphatic heterocycles. The monoisotopic (exact) mass is 477 g/mol. The molecule has 0 radical (unpaired) electrons. The second-order valence-electron chi connectivity index (χ2n) is 11.0. The summed E-state index contributed by atoms with van der Waals surface area (Å²) < 4.78 is 34.1. The number of rotatable bonds is 6. The van der Waals surface area contributed by atoms with Crippen molar-refractivity contribution in [3.8, 4) is 17.2 Å². The third-order valence-electron chi connectivity index (χ3n) is 6.50. The molecule has 0 bridgehead atoms. The second kappa shape index (κ2) is 9.20. The van der Waals surface area contributed by atoms with Gasteiger partial charge in [0.2, 0.25) is 0 Å². The standard InChI is InChI=1S/C29H34O4S/c1-27(2,3)33-25-12-8-22(9-13-25)29(19-18-28(4,5)20-29)21-6-10-23(11-7-21)32-24-14-16-26(17-15-24)34(30)31/h6-17H,18-20H2,1-5H3,(H,30,31)/p-1. The Morgan fingerprint density at radius 1 is 0.765 bits per heavy atom. The molecule has 0 heterocycles. The first-order chi connectivity index (χ1) is 16.0. The maximum Gasteiger partial charge on any atom is 0.127 e. The molecule has 3 aromatic carbocycles. The molecule has 1 aliphatic carbocycles. The van der Waals surface area contributed by atoms with Crippen molar-refractivity contribution in [1.82, 2.24) is 0 Å². The van der Waals surface area contributed by atoms with Crippen molar-refractivity contribution in [3.05, 3.63) is 83.9 Å². The summed E-state index contributed by atoms with van der Waals surface area (Å²) in [5, 5.41) is 0. The Bertz CT molecular complexity index is 1140. The van der Waals surface area contributed by atoms with Crippen LogP contribution < -0.4 is 9.47 Å². The van der Waals surface area contributed by atoms with E-state index < -0.39 is 11.1 Å². The normalized spacial score (nSPS) is 20.6. The van der Waals surface area contributed by atoms with Gasteiger partial charge in [0.1, 0.15) is 22.8 Å². The minimum atomic E-state index is -2.24. The van der Waals surface area contributed by atoms with Crippen LogP contribution >= 0.6 is 0 Å². The number of hydrogen-bond acceptors (Lipinski definition) is 4. The second-order valence-corrected chi connectivity index (χ2v) is 11.9. The highest BCUT2D eigenvalue weighted by atomic mass is 32.2. The van der Waals surface area contributed by atoms with E-state index in [0.29, 0.717) is 5.75 Å². The minimum absolute atomic E-state index is 0.0534. The maximum absolute atomic E-state index is 11.1. The Hall–Kier alpha value is -2.63. The van der Waals surface area contributed by atoms with Gasteiger partial charge in [0.05, 0.1) is 0 Å². The molecular formula is C29H33O4S-. The Balaban J connectivity index is 1.60. The molecule has 2 atom stereocenters. The molecule has 0 amide bonds. The highest BCUT2D eigenvalue weighted by Crippen LogP contribution is 2.54. The van der Waals surface area contributed by atoms with Crippen LogP contribution in [0.1, 0.15) is 65.0 Å². The average molecular weight is 478 g/mol. The Labute approximate surface area is 205 Å². The van der Waals surface area contributed by atoms with Crippen molar-refractivity contribution in [2.24, 2.45) is 5.41 Å². The van der Waals surface area contributed by atoms with Gasteiger partial charge in [0, 0.05) is 10.3 Å². The van der Waals surface area contributed by atoms with Gasteiger partial charge in [0.25, 0.3) is 0 Å². The summed E-state index contributed by atoms with van der Waals surface area (Å²) in [6, 6.07) is 23.3. The van der Waals surface area contributed by atoms with Crippen LogP contribution in [0.5, 0.6) is 17.2 Å². The molecule has 1 aliphatic rings. The van der Waals surface area contributed by atoms with E-state index >= 15 is 0 Å². The summed E-state index contributed by atoms with van der Waals surface area (Å²) in [4.78, 5) is 0.243. The number of hydrogen-bond donors (Lipinski definition) is 0. The molecule has 0 saturated heterocycles. The maximum atomic E-state index is 11.1. The van der Waals surface area contributed by atoms with Gasteiger partial charge < -0.3 is 14.0 Å². The predicted molar refractivity (Wildman–Crippen MR) is 135 cm³/mol. The van der Waals surface area contributed by atoms with Crippen LogP contribution in [0.15, 0.2) is 77.7 Å². The fraction of sp³-hybridized carbons (Fsp3) is 0.379. The van der Waals surface area contributed by atoms with E-state index in [1.54, 1.807) is 12.1 Å². The van der Waals surface area contributed by atoms with Gasteiger partial charge in [-0.05, 0) is 116 Å². The Morgan fingerprint density at radius 2 is 1.24 bits per heavy atom. The van der Waals surface area contributed by atoms with E-state index in [-0.39, 0.29) is 21.3 Å². The zero-order valence-corrected chi connectivity index (χ0v) is 21.4. The zero-order chi connectivity index (χ0) is 24.6. The van der Waals surface area contributed by atoms with Gasteiger partial charge in [-0.2, -0.15) is 0 Å². The lowest BCUT2D eigenvalue weighted by atomic mass is 9.71. The van der Waals surface area contributed by atoms with E-state index in [2.05, 4.69) is 71.0 Å². The minimum Gasteiger partial charge on any atom is -0.768 e. The highest BCUT2D eigenvalue weighted by molar-refractivity contribution is 7.79. The lowest BCUT2D eigenvalue weighted by Crippen LogP contribution is -2.26. The van der Waals surface area contributed by atoms with Crippen LogP contribution in [0.25, 0.3) is 0 Å². The summed E-state index contributed by atoms with van der Waals surface area (Å²) >= 11 is -2.24. The first-order valence-electron chi connectivity index (χ1n) is 11.7. The van der Waals surface area contributed by atoms with Gasteiger partial charge >= 0.3 is 0 Å². The van der Waals surface area contributed by atoms with Crippen molar-refractivity contribution < 1.29 is 18.2 Å². The van der Waals surface area contributed by atoms with Gasteiger partial charge in [-0.25, -0.2) is 0 Å². The molecule has 3 aromatic rings. The van der Waals surface area contributed by atoms with Gasteiger partial charge in [-0.1, -0.05) is 38.1 Å². The van der Waals surface area contributed by atoms with Crippen molar-refractivity contribution >= 4 is 11.1 Å². The van der Waals surface area contributed by atoms with Crippen molar-refractivity contribution in [1.29, 1.82) is 0 Å². The van der Waals surface area contributed by atoms with Gasteiger partial charge in [-0.3, -0.25) is 4.21 Å². The lowest BCUT2D eigenvalue weighted by Gasteiger charge is -2.33. The third kappa shape index (κ3) is 5.53. The topological polar surface area (TPSA) is 58.6 Å². The van der Waals surface area contributed by atoms with Crippen molar-refractivity contribution in [3.63, 3.8) is 0 Å². The van der Waals surface area contributed by atoms with E-state index in [9.17, 15) is 8.76 Å². The molecule has 0 spiro atoms. The molecular weight excluding hydrogens is 444 g/mol. The molecule has 1 fully saturated rings. The smallest absolute Gasteiger partial charge is 0.127 e. The lowest BCUT2D eigenvalue weighted by molar-refractivity contribution is 0.131. The molecule has 4 rings (SSSR count). The first kappa shape index (κ1) is 24.5. The molecule has 0 aromatic heterocycles. The zero-order valence-electron chi connectivity index (χ0n) is 20.6. The average Bonchev–Trinajstić information content (AvgIpc) is 3.10. The Kier molecular flexibility index (Phi) is 6.63. The van der Waals surface area contributed by atoms with Gasteiger partial charge in [-0.15, -0.1) is 0 Å². The van der Waals surface area contributed by atoms with E-state index in [1.807, 2.05) is 12.1 Å². The third-order valence-corrected chi connectivity index (χ3v) is 7.16. The van der Waals surface area contributed by atoms with Gasteiger partial charge in [0.15, 0.2) is 0 Å². The molecule has 34 heavy (non-hydrogen) atoms. The van der Waals surface area contributed by atoms with Crippen LogP contribution in [0.2, 0.25) is 0 Å². The van der Waals surface area contributed by atoms with Crippen LogP contribution in [0.4, 0.5) is 0 Å². The van der Waals surface area contributed by atoms with E-state index in [0.717, 1.165) is 24.3 Å². The summed E-state index contributed by atoms with van der Waals surface area (Å²) in [7, 11) is 0. The fourth-order valence-electron chi connectivity index (χ4n) is 5.00. The SMILES string of the molecule is CC1(C)CCC(c2ccc(Oc3ccc(S(=O)[O-])cc3)cc2)(c2ccc(OC(C)(C)C)cc2)C1. The van der Waals surface area contributed by atoms with E-state index in [4.69, 9.17) is 9.47 Å². The van der Waals surface area contributed by atoms with Crippen molar-refractivity contribution in [2.45, 2.75) is 69.8 Å². The molecule has 5 heteroatoms. The van der Waals surface area contributed by atoms with E-state index in [1.165, 1.54) is 29.7 Å². The quantitative estimate of drug-likeness (QED) is 0.347. The summed E-state index contributed by atoms with van der Waals surface area (Å²) in [5.74, 6) is 2.22. The highest BCUT2D eigenvalue weighted by Gasteiger charge is 2.45. The fourth-order valence-corrected chi connectivity index (χ4v) is 5.36. The molecule has 0 N–H and O–H groups in total. The molecule has 2 unspecified atom stereocenters. The predicted octanol–water partition coefficient (Wildman–Crippen LogP) is 7.39. The summed E-state index contributed by atoms with van der Waals surface area (Å²) in [6.07, 6.45) is 3.33. The number of benzene rings is 3. The van der Waals surface area contributed by atoms with Crippen LogP contribution in [0, 0.1) is 5.41 Å². The molecule has 1 saturated carbocycles. The molecule has 4 nitrogen and oxygen atoms in total. The number of ether oxygens (including phenoxy) is 2. The Morgan fingerprint density at radius 3 is 1.65 bits per heavy atom. The first-order valence-corrected chi connectivity index (χ1v) is 12.8. The van der Waals surface area contributed by atoms with Crippen LogP contribution in [0.3, 0.4) is 0 Å². The van der Waals surface area contributed by atoms with Crippen LogP contribution in [-0.2, 0) is 16.5 Å². The summed E-state index contributed by atoms with van der Waals surface area (Å²) in [5.41, 5.74) is 2.58. The summed E-state index contributed by atoms with van der Waals surface area (Å²) in [6.45, 7) is 10.9. The molecule has 180 valence electrons. The van der Waals surface area contributed by atoms with Crippen molar-refractivity contribution in [2.75, 3.05) is 0 Å². The largest absolute Gasteiger partial charge is 0.768 e.